The van der Waals surface area contributed by atoms with Crippen molar-refractivity contribution in [2.75, 3.05) is 39.9 Å². The number of piperazine rings is 1. The smallest absolute Gasteiger partial charge is 0.251 e. The molecular formula is C46H58N4O5. The van der Waals surface area contributed by atoms with Gasteiger partial charge in [0.15, 0.2) is 11.5 Å². The normalized spacial score (nSPS) is 15.1. The van der Waals surface area contributed by atoms with Crippen LogP contribution in [0.2, 0.25) is 0 Å². The number of phenols is 1. The van der Waals surface area contributed by atoms with E-state index in [4.69, 9.17) is 9.84 Å². The van der Waals surface area contributed by atoms with E-state index in [1.165, 1.54) is 24.3 Å². The number of aromatic nitrogens is 1. The number of aliphatic hydroxyl groups excluding tert-OH is 1. The van der Waals surface area contributed by atoms with Crippen LogP contribution in [0.25, 0.3) is 11.3 Å². The van der Waals surface area contributed by atoms with E-state index in [0.717, 1.165) is 68.0 Å². The molecule has 3 N–H and O–H groups in total. The lowest BCUT2D eigenvalue weighted by atomic mass is 10.0. The molecule has 2 heterocycles. The molecule has 1 fully saturated rings. The van der Waals surface area contributed by atoms with Crippen LogP contribution in [-0.4, -0.2) is 82.8 Å². The lowest BCUT2D eigenvalue weighted by Crippen LogP contribution is -2.52. The van der Waals surface area contributed by atoms with Gasteiger partial charge in [-0.25, -0.2) is 0 Å². The van der Waals surface area contributed by atoms with E-state index in [1.54, 1.807) is 6.07 Å². The highest BCUT2D eigenvalue weighted by Crippen LogP contribution is 2.38. The number of methoxy groups -OCH3 is 1. The Hall–Kier alpha value is -5.38. The Balaban J connectivity index is 0.000000246. The van der Waals surface area contributed by atoms with E-state index in [-0.39, 0.29) is 24.3 Å². The van der Waals surface area contributed by atoms with E-state index in [2.05, 4.69) is 89.1 Å². The van der Waals surface area contributed by atoms with Gasteiger partial charge in [-0.1, -0.05) is 105 Å². The highest BCUT2D eigenvalue weighted by molar-refractivity contribution is 5.96. The highest BCUT2D eigenvalue weighted by Gasteiger charge is 2.26. The molecule has 1 saturated heterocycles. The number of unbranched alkanes of at least 4 members (excludes halogenated alkanes) is 1. The second-order valence-corrected chi connectivity index (χ2v) is 13.5. The van der Waals surface area contributed by atoms with Crippen molar-refractivity contribution in [1.82, 2.24) is 19.7 Å². The first-order valence-corrected chi connectivity index (χ1v) is 19.4. The van der Waals surface area contributed by atoms with Crippen molar-refractivity contribution < 1.29 is 24.5 Å². The second kappa shape index (κ2) is 22.1. The van der Waals surface area contributed by atoms with Crippen LogP contribution >= 0.6 is 0 Å². The maximum absolute atomic E-state index is 12.7. The van der Waals surface area contributed by atoms with Gasteiger partial charge in [0.25, 0.3) is 5.91 Å². The summed E-state index contributed by atoms with van der Waals surface area (Å²) in [6.45, 7) is 12.2. The minimum atomic E-state index is -0.281. The summed E-state index contributed by atoms with van der Waals surface area (Å²) in [6, 6.07) is 26.5. The van der Waals surface area contributed by atoms with Gasteiger partial charge in [-0.2, -0.15) is 0 Å². The average Bonchev–Trinajstić information content (AvgIpc) is 3.33. The lowest BCUT2D eigenvalue weighted by molar-refractivity contribution is -0.122. The van der Waals surface area contributed by atoms with E-state index in [1.807, 2.05) is 55.4 Å². The van der Waals surface area contributed by atoms with Crippen LogP contribution in [0.4, 0.5) is 0 Å². The van der Waals surface area contributed by atoms with Gasteiger partial charge in [0.1, 0.15) is 0 Å². The summed E-state index contributed by atoms with van der Waals surface area (Å²) in [5, 5.41) is 22.4. The summed E-state index contributed by atoms with van der Waals surface area (Å²) in [5.41, 5.74) is 7.66. The van der Waals surface area contributed by atoms with Gasteiger partial charge in [0.2, 0.25) is 6.41 Å². The molecule has 0 bridgehead atoms. The van der Waals surface area contributed by atoms with Crippen LogP contribution < -0.4 is 10.1 Å². The van der Waals surface area contributed by atoms with E-state index >= 15 is 0 Å². The van der Waals surface area contributed by atoms with Gasteiger partial charge in [0.05, 0.1) is 18.5 Å². The summed E-state index contributed by atoms with van der Waals surface area (Å²) in [5.74, 6) is -0.0650. The molecule has 6 rings (SSSR count). The first-order valence-electron chi connectivity index (χ1n) is 19.4. The second-order valence-electron chi connectivity index (χ2n) is 13.5. The molecule has 292 valence electrons. The third-order valence-electron chi connectivity index (χ3n) is 9.57. The van der Waals surface area contributed by atoms with Gasteiger partial charge in [-0.3, -0.25) is 14.5 Å². The van der Waals surface area contributed by atoms with Crippen molar-refractivity contribution in [2.45, 2.75) is 66.0 Å². The molecule has 3 aromatic carbocycles. The van der Waals surface area contributed by atoms with Crippen molar-refractivity contribution in [1.29, 1.82) is 0 Å². The summed E-state index contributed by atoms with van der Waals surface area (Å²) in [7, 11) is 1.51. The summed E-state index contributed by atoms with van der Waals surface area (Å²) in [6.07, 6.45) is 14.5. The molecule has 0 unspecified atom stereocenters. The standard InChI is InChI=1S/C25H30N2O4.C19H22N2O.C2H6/c1-17-14-18(2)27(23(17)19-10-6-4-5-7-11-19)21-15-20(16-22(29)24(21)31-3)25(30)26-12-8-9-13-28;22-16-21-12-11-20(14-18-9-5-2-6-10-18)15-19(21)13-17-7-3-1-4-8-17;1-2/h4,6-7,10-11,14-16,28-29H,5,8-9,12-13H2,1-3H3,(H,26,30);1-10,16,19H,11-15H2;1-2H3/t;19-;/m.1./s1. The molecule has 55 heavy (non-hydrogen) atoms. The molecule has 9 nitrogen and oxygen atoms in total. The number of hydrogen-bond donors (Lipinski definition) is 3. The van der Waals surface area contributed by atoms with Crippen molar-refractivity contribution >= 4 is 17.9 Å². The molecule has 2 aliphatic rings. The van der Waals surface area contributed by atoms with Crippen LogP contribution in [0.15, 0.2) is 109 Å². The van der Waals surface area contributed by atoms with Crippen LogP contribution in [-0.2, 0) is 17.8 Å². The maximum atomic E-state index is 12.7. The van der Waals surface area contributed by atoms with Crippen molar-refractivity contribution in [3.8, 4) is 17.2 Å². The maximum Gasteiger partial charge on any atom is 0.251 e. The molecule has 4 aromatic rings. The fourth-order valence-corrected chi connectivity index (χ4v) is 6.97. The minimum Gasteiger partial charge on any atom is -0.504 e. The number of amides is 2. The van der Waals surface area contributed by atoms with Crippen molar-refractivity contribution in [3.05, 3.63) is 143 Å². The number of phenolic OH excluding ortho intramolecular Hbond substituents is 1. The van der Waals surface area contributed by atoms with Gasteiger partial charge < -0.3 is 29.7 Å². The predicted molar refractivity (Wildman–Crippen MR) is 223 cm³/mol. The van der Waals surface area contributed by atoms with Crippen LogP contribution in [0.5, 0.6) is 11.5 Å². The topological polar surface area (TPSA) is 107 Å². The third kappa shape index (κ3) is 11.8. The Morgan fingerprint density at radius 3 is 2.33 bits per heavy atom. The molecule has 2 amide bonds. The number of ether oxygens (including phenoxy) is 1. The number of aliphatic hydroxyl groups is 1. The van der Waals surface area contributed by atoms with Crippen LogP contribution in [0, 0.1) is 13.8 Å². The van der Waals surface area contributed by atoms with E-state index in [0.29, 0.717) is 36.4 Å². The van der Waals surface area contributed by atoms with Crippen LogP contribution in [0.1, 0.15) is 71.5 Å². The van der Waals surface area contributed by atoms with Crippen molar-refractivity contribution in [2.24, 2.45) is 0 Å². The number of carbonyl (C=O) groups is 2. The number of aromatic hydroxyl groups is 1. The number of hydrogen-bond acceptors (Lipinski definition) is 6. The average molecular weight is 747 g/mol. The van der Waals surface area contributed by atoms with Crippen molar-refractivity contribution in [3.63, 3.8) is 0 Å². The number of benzene rings is 3. The number of rotatable bonds is 13. The van der Waals surface area contributed by atoms with Crippen LogP contribution in [0.3, 0.4) is 0 Å². The molecule has 1 atom stereocenters. The number of carbonyl (C=O) groups excluding carboxylic acids is 2. The van der Waals surface area contributed by atoms with Gasteiger partial charge >= 0.3 is 0 Å². The van der Waals surface area contributed by atoms with Gasteiger partial charge in [-0.15, -0.1) is 0 Å². The summed E-state index contributed by atoms with van der Waals surface area (Å²) < 4.78 is 7.55. The zero-order chi connectivity index (χ0) is 39.6. The van der Waals surface area contributed by atoms with Gasteiger partial charge in [0, 0.05) is 56.6 Å². The zero-order valence-electron chi connectivity index (χ0n) is 33.1. The fraction of sp³-hybridized carbons (Fsp3) is 0.348. The molecular weight excluding hydrogens is 689 g/mol. The number of allylic oxidation sites excluding steroid dienone is 6. The molecule has 0 saturated carbocycles. The number of nitrogens with zero attached hydrogens (tertiary/aromatic N) is 3. The summed E-state index contributed by atoms with van der Waals surface area (Å²) in [4.78, 5) is 28.4. The summed E-state index contributed by atoms with van der Waals surface area (Å²) >= 11 is 0. The predicted octanol–water partition coefficient (Wildman–Crippen LogP) is 7.81. The van der Waals surface area contributed by atoms with E-state index < -0.39 is 0 Å². The van der Waals surface area contributed by atoms with Gasteiger partial charge in [-0.05, 0) is 80.0 Å². The zero-order valence-corrected chi connectivity index (χ0v) is 33.1. The Bertz CT molecular complexity index is 1900. The Morgan fingerprint density at radius 1 is 0.945 bits per heavy atom. The quantitative estimate of drug-likeness (QED) is 0.0953. The molecule has 0 spiro atoms. The number of aryl methyl sites for hydroxylation is 2. The molecule has 1 aliphatic heterocycles. The molecule has 1 aliphatic carbocycles. The third-order valence-corrected chi connectivity index (χ3v) is 9.57. The molecule has 1 aromatic heterocycles. The Morgan fingerprint density at radius 2 is 1.65 bits per heavy atom. The monoisotopic (exact) mass is 746 g/mol. The molecule has 0 radical (unpaired) electrons. The Labute approximate surface area is 327 Å². The highest BCUT2D eigenvalue weighted by atomic mass is 16.5. The number of nitrogens with one attached hydrogen (secondary N) is 1. The Kier molecular flexibility index (Phi) is 17.0. The first kappa shape index (κ1) is 42.4. The fourth-order valence-electron chi connectivity index (χ4n) is 6.97. The van der Waals surface area contributed by atoms with E-state index in [9.17, 15) is 14.7 Å². The minimum absolute atomic E-state index is 0.0949. The largest absolute Gasteiger partial charge is 0.504 e. The lowest BCUT2D eigenvalue weighted by Gasteiger charge is -2.39. The SMILES string of the molecule is CC.COc1c(O)cc(C(=O)NCCCCO)cc1-n1c(C)cc(C)c1C1=CC=CCC=C1.O=CN1CCN(Cc2ccccc2)C[C@H]1Cc1ccccc1. The first-order chi connectivity index (χ1) is 26.8. The molecule has 9 heteroatoms.